The van der Waals surface area contributed by atoms with Gasteiger partial charge in [-0.1, -0.05) is 12.1 Å². The number of carbonyl (C=O) groups excluding carboxylic acids is 2. The molecular weight excluding hydrogens is 440 g/mol. The number of benzene rings is 2. The highest BCUT2D eigenvalue weighted by Gasteiger charge is 2.11. The zero-order valence-electron chi connectivity index (χ0n) is 12.9. The fourth-order valence-electron chi connectivity index (χ4n) is 2.09. The number of hydrogen-bond donors (Lipinski definition) is 2. The Morgan fingerprint density at radius 1 is 1.17 bits per heavy atom. The van der Waals surface area contributed by atoms with Gasteiger partial charge in [0.2, 0.25) is 5.91 Å². The monoisotopic (exact) mass is 454 g/mol. The fraction of sp³-hybridized carbons (Fsp3) is 0.176. The predicted molar refractivity (Wildman–Crippen MR) is 100 cm³/mol. The third-order valence-corrected chi connectivity index (χ3v) is 4.35. The van der Waals surface area contributed by atoms with E-state index >= 15 is 0 Å². The smallest absolute Gasteiger partial charge is 0.262 e. The van der Waals surface area contributed by atoms with Gasteiger partial charge in [-0.2, -0.15) is 0 Å². The van der Waals surface area contributed by atoms with Crippen molar-refractivity contribution in [3.63, 3.8) is 0 Å². The highest BCUT2D eigenvalue weighted by atomic mass is 79.9. The number of nitrogens with two attached hydrogens (primary N) is 1. The number of rotatable bonds is 6. The van der Waals surface area contributed by atoms with Crippen molar-refractivity contribution in [2.75, 3.05) is 11.9 Å². The van der Waals surface area contributed by atoms with Crippen molar-refractivity contribution < 1.29 is 14.3 Å². The Hall–Kier alpha value is -1.86. The number of carbonyl (C=O) groups is 2. The maximum Gasteiger partial charge on any atom is 0.262 e. The molecule has 3 N–H and O–H groups in total. The van der Waals surface area contributed by atoms with Crippen LogP contribution in [0.5, 0.6) is 5.75 Å². The van der Waals surface area contributed by atoms with Crippen LogP contribution < -0.4 is 15.8 Å². The molecule has 2 aromatic carbocycles. The van der Waals surface area contributed by atoms with Gasteiger partial charge in [-0.05, 0) is 74.2 Å². The van der Waals surface area contributed by atoms with Gasteiger partial charge in [0.25, 0.3) is 5.91 Å². The first kappa shape index (κ1) is 18.5. The topological polar surface area (TPSA) is 81.4 Å². The first-order valence-corrected chi connectivity index (χ1v) is 8.69. The standard InChI is InChI=1S/C17H16Br2N2O3/c1-10-5-13(18)17(14(19)6-10)21-16(23)9-24-12-4-2-3-11(7-12)8-15(20)22/h2-7H,8-9H2,1H3,(H2,20,22)(H,21,23). The zero-order valence-corrected chi connectivity index (χ0v) is 16.1. The van der Waals surface area contributed by atoms with Gasteiger partial charge >= 0.3 is 0 Å². The summed E-state index contributed by atoms with van der Waals surface area (Å²) >= 11 is 6.85. The Kier molecular flexibility index (Phi) is 6.39. The Bertz CT molecular complexity index is 755. The van der Waals surface area contributed by atoms with Crippen LogP contribution in [0, 0.1) is 6.92 Å². The number of ether oxygens (including phenoxy) is 1. The molecule has 2 aromatic rings. The minimum Gasteiger partial charge on any atom is -0.484 e. The molecule has 0 atom stereocenters. The molecule has 0 aliphatic carbocycles. The van der Waals surface area contributed by atoms with Gasteiger partial charge in [-0.25, -0.2) is 0 Å². The van der Waals surface area contributed by atoms with Crippen molar-refractivity contribution in [3.8, 4) is 5.75 Å². The van der Waals surface area contributed by atoms with Crippen molar-refractivity contribution in [2.45, 2.75) is 13.3 Å². The normalized spacial score (nSPS) is 10.3. The Labute approximate surface area is 156 Å². The van der Waals surface area contributed by atoms with Crippen LogP contribution in [0.1, 0.15) is 11.1 Å². The van der Waals surface area contributed by atoms with Crippen LogP contribution in [0.25, 0.3) is 0 Å². The molecular formula is C17H16Br2N2O3. The molecule has 2 amide bonds. The lowest BCUT2D eigenvalue weighted by Crippen LogP contribution is -2.21. The number of hydrogen-bond acceptors (Lipinski definition) is 3. The molecule has 0 aromatic heterocycles. The molecule has 0 heterocycles. The SMILES string of the molecule is Cc1cc(Br)c(NC(=O)COc2cccc(CC(N)=O)c2)c(Br)c1. The molecule has 24 heavy (non-hydrogen) atoms. The molecule has 0 aliphatic heterocycles. The van der Waals surface area contributed by atoms with Crippen molar-refractivity contribution in [1.29, 1.82) is 0 Å². The van der Waals surface area contributed by atoms with E-state index in [1.54, 1.807) is 24.3 Å². The second kappa shape index (κ2) is 8.30. The Morgan fingerprint density at radius 2 is 1.83 bits per heavy atom. The Morgan fingerprint density at radius 3 is 2.46 bits per heavy atom. The number of nitrogens with one attached hydrogen (secondary N) is 1. The largest absolute Gasteiger partial charge is 0.484 e. The van der Waals surface area contributed by atoms with Crippen LogP contribution in [-0.2, 0) is 16.0 Å². The van der Waals surface area contributed by atoms with E-state index in [0.717, 1.165) is 20.1 Å². The molecule has 0 bridgehead atoms. The molecule has 5 nitrogen and oxygen atoms in total. The molecule has 0 fully saturated rings. The lowest BCUT2D eigenvalue weighted by Gasteiger charge is -2.12. The minimum atomic E-state index is -0.418. The second-order valence-corrected chi connectivity index (χ2v) is 6.94. The number of primary amides is 1. The van der Waals surface area contributed by atoms with Crippen LogP contribution in [0.3, 0.4) is 0 Å². The van der Waals surface area contributed by atoms with Crippen molar-refractivity contribution >= 4 is 49.4 Å². The van der Waals surface area contributed by atoms with E-state index in [2.05, 4.69) is 37.2 Å². The van der Waals surface area contributed by atoms with Gasteiger partial charge in [0.05, 0.1) is 12.1 Å². The fourth-order valence-corrected chi connectivity index (χ4v) is 3.70. The first-order valence-electron chi connectivity index (χ1n) is 7.10. The van der Waals surface area contributed by atoms with E-state index in [1.807, 2.05) is 19.1 Å². The molecule has 0 saturated heterocycles. The highest BCUT2D eigenvalue weighted by Crippen LogP contribution is 2.32. The lowest BCUT2D eigenvalue weighted by molar-refractivity contribution is -0.118. The van der Waals surface area contributed by atoms with E-state index < -0.39 is 5.91 Å². The summed E-state index contributed by atoms with van der Waals surface area (Å²) in [5.41, 5.74) is 7.62. The number of aryl methyl sites for hydroxylation is 1. The first-order chi connectivity index (χ1) is 11.3. The summed E-state index contributed by atoms with van der Waals surface area (Å²) in [6, 6.07) is 10.8. The maximum absolute atomic E-state index is 12.1. The second-order valence-electron chi connectivity index (χ2n) is 5.23. The lowest BCUT2D eigenvalue weighted by atomic mass is 10.1. The van der Waals surface area contributed by atoms with Crippen LogP contribution in [-0.4, -0.2) is 18.4 Å². The van der Waals surface area contributed by atoms with E-state index in [-0.39, 0.29) is 18.9 Å². The van der Waals surface area contributed by atoms with Gasteiger partial charge in [0.1, 0.15) is 5.75 Å². The van der Waals surface area contributed by atoms with Gasteiger partial charge in [0, 0.05) is 8.95 Å². The van der Waals surface area contributed by atoms with Gasteiger partial charge in [0.15, 0.2) is 6.61 Å². The van der Waals surface area contributed by atoms with E-state index in [4.69, 9.17) is 10.5 Å². The summed E-state index contributed by atoms with van der Waals surface area (Å²) in [5, 5.41) is 2.79. The molecule has 0 saturated carbocycles. The molecule has 0 unspecified atom stereocenters. The highest BCUT2D eigenvalue weighted by molar-refractivity contribution is 9.11. The molecule has 0 spiro atoms. The van der Waals surface area contributed by atoms with E-state index in [0.29, 0.717) is 11.4 Å². The minimum absolute atomic E-state index is 0.132. The molecule has 0 radical (unpaired) electrons. The molecule has 0 aliphatic rings. The maximum atomic E-state index is 12.1. The summed E-state index contributed by atoms with van der Waals surface area (Å²) in [4.78, 5) is 23.0. The third kappa shape index (κ3) is 5.35. The number of amides is 2. The van der Waals surface area contributed by atoms with E-state index in [1.165, 1.54) is 0 Å². The predicted octanol–water partition coefficient (Wildman–Crippen LogP) is 3.57. The van der Waals surface area contributed by atoms with Crippen LogP contribution in [0.15, 0.2) is 45.3 Å². The van der Waals surface area contributed by atoms with Crippen molar-refractivity contribution in [3.05, 3.63) is 56.5 Å². The summed E-state index contributed by atoms with van der Waals surface area (Å²) in [6.45, 7) is 1.82. The van der Waals surface area contributed by atoms with Crippen LogP contribution in [0.2, 0.25) is 0 Å². The number of halogens is 2. The quantitative estimate of drug-likeness (QED) is 0.698. The average molecular weight is 456 g/mol. The number of anilines is 1. The molecule has 126 valence electrons. The van der Waals surface area contributed by atoms with Gasteiger partial charge in [-0.15, -0.1) is 0 Å². The summed E-state index contributed by atoms with van der Waals surface area (Å²) in [5.74, 6) is -0.203. The Balaban J connectivity index is 1.98. The summed E-state index contributed by atoms with van der Waals surface area (Å²) in [7, 11) is 0. The molecule has 2 rings (SSSR count). The van der Waals surface area contributed by atoms with E-state index in [9.17, 15) is 9.59 Å². The van der Waals surface area contributed by atoms with Gasteiger partial charge < -0.3 is 15.8 Å². The van der Waals surface area contributed by atoms with Gasteiger partial charge in [-0.3, -0.25) is 9.59 Å². The third-order valence-electron chi connectivity index (χ3n) is 3.10. The zero-order chi connectivity index (χ0) is 17.7. The van der Waals surface area contributed by atoms with Crippen LogP contribution in [0.4, 0.5) is 5.69 Å². The van der Waals surface area contributed by atoms with Crippen molar-refractivity contribution in [1.82, 2.24) is 0 Å². The molecule has 7 heteroatoms. The van der Waals surface area contributed by atoms with Crippen LogP contribution >= 0.6 is 31.9 Å². The summed E-state index contributed by atoms with van der Waals surface area (Å²) < 4.78 is 7.04. The summed E-state index contributed by atoms with van der Waals surface area (Å²) in [6.07, 6.45) is 0.132. The average Bonchev–Trinajstić information content (AvgIpc) is 2.48. The van der Waals surface area contributed by atoms with Crippen molar-refractivity contribution in [2.24, 2.45) is 5.73 Å².